The second kappa shape index (κ2) is 8.55. The lowest BCUT2D eigenvalue weighted by Gasteiger charge is -2.20. The molecule has 154 valence electrons. The van der Waals surface area contributed by atoms with Crippen LogP contribution in [-0.4, -0.2) is 25.0 Å². The Kier molecular flexibility index (Phi) is 6.10. The molecule has 3 rings (SSSR count). The first-order valence-corrected chi connectivity index (χ1v) is 9.25. The van der Waals surface area contributed by atoms with Crippen molar-refractivity contribution in [2.45, 2.75) is 26.1 Å². The summed E-state index contributed by atoms with van der Waals surface area (Å²) < 4.78 is 44.0. The Hall–Kier alpha value is -3.03. The normalized spacial score (nSPS) is 16.8. The Balaban J connectivity index is 1.64. The van der Waals surface area contributed by atoms with E-state index in [1.54, 1.807) is 24.3 Å². The van der Waals surface area contributed by atoms with Gasteiger partial charge in [0.05, 0.1) is 23.8 Å². The first-order valence-electron chi connectivity index (χ1n) is 9.25. The number of rotatable bonds is 6. The largest absolute Gasteiger partial charge is 0.492 e. The average molecular weight is 406 g/mol. The summed E-state index contributed by atoms with van der Waals surface area (Å²) in [7, 11) is 0. The third kappa shape index (κ3) is 4.88. The molecule has 1 atom stereocenters. The predicted molar refractivity (Wildman–Crippen MR) is 101 cm³/mol. The molecular formula is C21H21F3N2O3. The number of amides is 2. The highest BCUT2D eigenvalue weighted by Crippen LogP contribution is 2.33. The van der Waals surface area contributed by atoms with Crippen LogP contribution in [0, 0.1) is 5.92 Å². The Morgan fingerprint density at radius 3 is 2.69 bits per heavy atom. The van der Waals surface area contributed by atoms with E-state index in [2.05, 4.69) is 5.32 Å². The summed E-state index contributed by atoms with van der Waals surface area (Å²) in [5.74, 6) is -0.583. The van der Waals surface area contributed by atoms with Gasteiger partial charge in [0.2, 0.25) is 11.8 Å². The fraction of sp³-hybridized carbons (Fsp3) is 0.333. The van der Waals surface area contributed by atoms with E-state index in [-0.39, 0.29) is 31.3 Å². The van der Waals surface area contributed by atoms with Crippen molar-refractivity contribution >= 4 is 17.5 Å². The molecule has 8 heteroatoms. The van der Waals surface area contributed by atoms with Gasteiger partial charge in [-0.15, -0.1) is 0 Å². The van der Waals surface area contributed by atoms with Crippen molar-refractivity contribution in [2.24, 2.45) is 5.92 Å². The minimum atomic E-state index is -4.44. The zero-order valence-corrected chi connectivity index (χ0v) is 15.8. The lowest BCUT2D eigenvalue weighted by molar-refractivity contribution is -0.137. The number of benzene rings is 2. The monoisotopic (exact) mass is 406 g/mol. The van der Waals surface area contributed by atoms with E-state index in [4.69, 9.17) is 4.74 Å². The third-order valence-electron chi connectivity index (χ3n) is 4.67. The molecule has 29 heavy (non-hydrogen) atoms. The zero-order chi connectivity index (χ0) is 21.0. The molecule has 0 saturated carbocycles. The summed E-state index contributed by atoms with van der Waals surface area (Å²) in [6.07, 6.45) is -4.40. The second-order valence-electron chi connectivity index (χ2n) is 6.72. The van der Waals surface area contributed by atoms with Gasteiger partial charge in [0, 0.05) is 19.5 Å². The number of carbonyl (C=O) groups excluding carboxylic acids is 2. The Bertz CT molecular complexity index is 899. The van der Waals surface area contributed by atoms with Crippen LogP contribution in [0.5, 0.6) is 5.75 Å². The van der Waals surface area contributed by atoms with Crippen LogP contribution < -0.4 is 15.0 Å². The van der Waals surface area contributed by atoms with Crippen molar-refractivity contribution in [1.82, 2.24) is 5.32 Å². The molecule has 1 N–H and O–H groups in total. The van der Waals surface area contributed by atoms with Crippen molar-refractivity contribution in [2.75, 3.05) is 18.1 Å². The van der Waals surface area contributed by atoms with Gasteiger partial charge in [-0.3, -0.25) is 9.59 Å². The molecule has 1 heterocycles. The second-order valence-corrected chi connectivity index (χ2v) is 6.72. The molecule has 0 aliphatic carbocycles. The Morgan fingerprint density at radius 2 is 1.97 bits per heavy atom. The van der Waals surface area contributed by atoms with Crippen molar-refractivity contribution in [3.05, 3.63) is 59.7 Å². The maximum absolute atomic E-state index is 12.8. The van der Waals surface area contributed by atoms with E-state index < -0.39 is 17.7 Å². The highest BCUT2D eigenvalue weighted by Gasteiger charge is 2.36. The van der Waals surface area contributed by atoms with Gasteiger partial charge in [0.25, 0.3) is 0 Å². The van der Waals surface area contributed by atoms with Gasteiger partial charge in [0.15, 0.2) is 0 Å². The van der Waals surface area contributed by atoms with Crippen LogP contribution in [0.3, 0.4) is 0 Å². The molecule has 0 radical (unpaired) electrons. The lowest BCUT2D eigenvalue weighted by Crippen LogP contribution is -2.32. The maximum atomic E-state index is 12.8. The Labute approximate surface area is 166 Å². The lowest BCUT2D eigenvalue weighted by atomic mass is 10.1. The molecule has 0 bridgehead atoms. The molecule has 5 nitrogen and oxygen atoms in total. The number of hydrogen-bond donors (Lipinski definition) is 1. The van der Waals surface area contributed by atoms with E-state index in [1.807, 2.05) is 6.92 Å². The van der Waals surface area contributed by atoms with Crippen molar-refractivity contribution < 1.29 is 27.5 Å². The van der Waals surface area contributed by atoms with Gasteiger partial charge in [-0.2, -0.15) is 13.2 Å². The first-order chi connectivity index (χ1) is 13.8. The third-order valence-corrected chi connectivity index (χ3v) is 4.67. The smallest absolute Gasteiger partial charge is 0.416 e. The van der Waals surface area contributed by atoms with E-state index >= 15 is 0 Å². The summed E-state index contributed by atoms with van der Waals surface area (Å²) in [6.45, 7) is 2.44. The van der Waals surface area contributed by atoms with Gasteiger partial charge in [0.1, 0.15) is 5.75 Å². The van der Waals surface area contributed by atoms with Crippen LogP contribution in [0.25, 0.3) is 0 Å². The number of nitrogens with one attached hydrogen (secondary N) is 1. The van der Waals surface area contributed by atoms with Crippen LogP contribution >= 0.6 is 0 Å². The van der Waals surface area contributed by atoms with E-state index in [1.165, 1.54) is 17.0 Å². The minimum Gasteiger partial charge on any atom is -0.492 e. The predicted octanol–water partition coefficient (Wildman–Crippen LogP) is 3.77. The van der Waals surface area contributed by atoms with Gasteiger partial charge in [-0.25, -0.2) is 0 Å². The minimum absolute atomic E-state index is 0.0366. The number of carbonyl (C=O) groups is 2. The topological polar surface area (TPSA) is 58.6 Å². The summed E-state index contributed by atoms with van der Waals surface area (Å²) in [4.78, 5) is 26.4. The van der Waals surface area contributed by atoms with Gasteiger partial charge < -0.3 is 15.0 Å². The SMILES string of the molecule is CCOc1ccccc1N1CC(C(=O)NCc2cccc(C(F)(F)F)c2)CC1=O. The van der Waals surface area contributed by atoms with Crippen molar-refractivity contribution in [1.29, 1.82) is 0 Å². The zero-order valence-electron chi connectivity index (χ0n) is 15.8. The summed E-state index contributed by atoms with van der Waals surface area (Å²) >= 11 is 0. The fourth-order valence-corrected chi connectivity index (χ4v) is 3.26. The average Bonchev–Trinajstić information content (AvgIpc) is 3.08. The standard InChI is InChI=1S/C21H21F3N2O3/c1-2-29-18-9-4-3-8-17(18)26-13-15(11-19(26)27)20(28)25-12-14-6-5-7-16(10-14)21(22,23)24/h3-10,15H,2,11-13H2,1H3,(H,25,28). The number of hydrogen-bond acceptors (Lipinski definition) is 3. The van der Waals surface area contributed by atoms with E-state index in [9.17, 15) is 22.8 Å². The maximum Gasteiger partial charge on any atom is 0.416 e. The highest BCUT2D eigenvalue weighted by molar-refractivity contribution is 6.01. The first kappa shape index (κ1) is 20.7. The number of halogens is 3. The van der Waals surface area contributed by atoms with Crippen LogP contribution in [0.2, 0.25) is 0 Å². The fourth-order valence-electron chi connectivity index (χ4n) is 3.26. The van der Waals surface area contributed by atoms with E-state index in [0.29, 0.717) is 23.6 Å². The van der Waals surface area contributed by atoms with Crippen LogP contribution in [-0.2, 0) is 22.3 Å². The van der Waals surface area contributed by atoms with E-state index in [0.717, 1.165) is 12.1 Å². The molecule has 2 aromatic carbocycles. The number of nitrogens with zero attached hydrogens (tertiary/aromatic N) is 1. The summed E-state index contributed by atoms with van der Waals surface area (Å²) in [5, 5.41) is 2.64. The van der Waals surface area contributed by atoms with Gasteiger partial charge in [-0.1, -0.05) is 24.3 Å². The van der Waals surface area contributed by atoms with Gasteiger partial charge in [-0.05, 0) is 36.8 Å². The number of ether oxygens (including phenoxy) is 1. The molecule has 1 aliphatic rings. The molecular weight excluding hydrogens is 385 g/mol. The molecule has 0 aromatic heterocycles. The number of anilines is 1. The summed E-state index contributed by atoms with van der Waals surface area (Å²) in [5.41, 5.74) is 0.183. The van der Waals surface area contributed by atoms with Crippen LogP contribution in [0.15, 0.2) is 48.5 Å². The molecule has 1 saturated heterocycles. The van der Waals surface area contributed by atoms with Crippen LogP contribution in [0.1, 0.15) is 24.5 Å². The Morgan fingerprint density at radius 1 is 1.21 bits per heavy atom. The van der Waals surface area contributed by atoms with Gasteiger partial charge >= 0.3 is 6.18 Å². The molecule has 2 amide bonds. The van der Waals surface area contributed by atoms with Crippen LogP contribution in [0.4, 0.5) is 18.9 Å². The molecule has 2 aromatic rings. The van der Waals surface area contributed by atoms with Crippen molar-refractivity contribution in [3.63, 3.8) is 0 Å². The summed E-state index contributed by atoms with van der Waals surface area (Å²) in [6, 6.07) is 11.9. The highest BCUT2D eigenvalue weighted by atomic mass is 19.4. The number of para-hydroxylation sites is 2. The molecule has 1 fully saturated rings. The quantitative estimate of drug-likeness (QED) is 0.795. The number of alkyl halides is 3. The molecule has 0 spiro atoms. The van der Waals surface area contributed by atoms with Crippen molar-refractivity contribution in [3.8, 4) is 5.75 Å². The molecule has 1 aliphatic heterocycles. The molecule has 1 unspecified atom stereocenters.